The molecule has 2 N–H and O–H groups in total. The van der Waals surface area contributed by atoms with Crippen LogP contribution in [0.5, 0.6) is 5.75 Å². The summed E-state index contributed by atoms with van der Waals surface area (Å²) in [5.41, 5.74) is 0.545. The van der Waals surface area contributed by atoms with Crippen molar-refractivity contribution in [3.05, 3.63) is 71.5 Å². The maximum absolute atomic E-state index is 14.1. The predicted molar refractivity (Wildman–Crippen MR) is 123 cm³/mol. The van der Waals surface area contributed by atoms with Crippen molar-refractivity contribution >= 4 is 26.8 Å². The molecule has 7 nitrogen and oxygen atoms in total. The third kappa shape index (κ3) is 5.19. The Morgan fingerprint density at radius 2 is 1.82 bits per heavy atom. The number of nitrogens with zero attached hydrogens (tertiary/aromatic N) is 1. The van der Waals surface area contributed by atoms with Crippen molar-refractivity contribution in [2.75, 3.05) is 0 Å². The highest BCUT2D eigenvalue weighted by Crippen LogP contribution is 2.28. The quantitative estimate of drug-likeness (QED) is 0.517. The van der Waals surface area contributed by atoms with Crippen molar-refractivity contribution in [2.24, 2.45) is 5.92 Å². The summed E-state index contributed by atoms with van der Waals surface area (Å²) < 4.78 is 48.2. The lowest BCUT2D eigenvalue weighted by Crippen LogP contribution is -2.44. The molecule has 1 fully saturated rings. The molecule has 0 aliphatic heterocycles. The number of fused-ring (bicyclic) bond motifs is 1. The standard InChI is InChI=1S/C25H23FN2O5S/c26-23-11-16(14-27)5-6-19(23)15-33-20-9-7-18-13-21(10-8-17(18)12-20)34(31,32)28-24-4-2-1-3-22(24)25(29)30/h5-13,22,24,28H,1-4,15H2,(H,29,30)/t22-,24+/m1/s1. The number of halogens is 1. The molecule has 0 radical (unpaired) electrons. The zero-order valence-electron chi connectivity index (χ0n) is 18.2. The fourth-order valence-corrected chi connectivity index (χ4v) is 5.53. The van der Waals surface area contributed by atoms with Crippen LogP contribution in [-0.2, 0) is 21.4 Å². The van der Waals surface area contributed by atoms with E-state index in [2.05, 4.69) is 4.72 Å². The lowest BCUT2D eigenvalue weighted by atomic mass is 9.85. The first-order valence-electron chi connectivity index (χ1n) is 10.9. The number of benzene rings is 3. The van der Waals surface area contributed by atoms with E-state index in [0.717, 1.165) is 24.3 Å². The maximum atomic E-state index is 14.1. The molecule has 0 bridgehead atoms. The fraction of sp³-hybridized carbons (Fsp3) is 0.280. The Labute approximate surface area is 196 Å². The van der Waals surface area contributed by atoms with Crippen molar-refractivity contribution in [1.29, 1.82) is 5.26 Å². The number of nitrogens with one attached hydrogen (secondary N) is 1. The normalized spacial score (nSPS) is 18.4. The van der Waals surface area contributed by atoms with Crippen molar-refractivity contribution in [2.45, 2.75) is 43.2 Å². The first-order valence-corrected chi connectivity index (χ1v) is 12.4. The average molecular weight is 483 g/mol. The monoisotopic (exact) mass is 482 g/mol. The summed E-state index contributed by atoms with van der Waals surface area (Å²) in [5, 5.41) is 19.7. The topological polar surface area (TPSA) is 116 Å². The summed E-state index contributed by atoms with van der Waals surface area (Å²) in [6.07, 6.45) is 2.50. The number of nitriles is 1. The Bertz CT molecular complexity index is 1380. The summed E-state index contributed by atoms with van der Waals surface area (Å²) in [7, 11) is -3.89. The Kier molecular flexibility index (Phi) is 6.82. The van der Waals surface area contributed by atoms with E-state index in [1.807, 2.05) is 6.07 Å². The Hall–Kier alpha value is -3.48. The third-order valence-corrected chi connectivity index (χ3v) is 7.55. The minimum absolute atomic E-state index is 0.0223. The molecule has 1 aliphatic rings. The molecule has 0 spiro atoms. The molecule has 176 valence electrons. The summed E-state index contributed by atoms with van der Waals surface area (Å²) >= 11 is 0. The molecule has 4 rings (SSSR count). The molecule has 0 heterocycles. The van der Waals surface area contributed by atoms with Crippen molar-refractivity contribution < 1.29 is 27.4 Å². The summed E-state index contributed by atoms with van der Waals surface area (Å²) in [6.45, 7) is -0.0223. The number of carbonyl (C=O) groups is 1. The Morgan fingerprint density at radius 3 is 2.56 bits per heavy atom. The smallest absolute Gasteiger partial charge is 0.308 e. The van der Waals surface area contributed by atoms with Crippen molar-refractivity contribution in [3.8, 4) is 11.8 Å². The molecule has 2 atom stereocenters. The second-order valence-electron chi connectivity index (χ2n) is 8.33. The number of hydrogen-bond acceptors (Lipinski definition) is 5. The van der Waals surface area contributed by atoms with Gasteiger partial charge in [0.1, 0.15) is 18.2 Å². The second kappa shape index (κ2) is 9.79. The van der Waals surface area contributed by atoms with Gasteiger partial charge in [-0.25, -0.2) is 17.5 Å². The average Bonchev–Trinajstić information content (AvgIpc) is 2.82. The second-order valence-corrected chi connectivity index (χ2v) is 10.0. The van der Waals surface area contributed by atoms with Gasteiger partial charge in [0.05, 0.1) is 22.4 Å². The largest absolute Gasteiger partial charge is 0.489 e. The number of hydrogen-bond donors (Lipinski definition) is 2. The summed E-state index contributed by atoms with van der Waals surface area (Å²) in [5.74, 6) is -1.76. The van der Waals surface area contributed by atoms with E-state index in [1.54, 1.807) is 24.3 Å². The molecule has 9 heteroatoms. The minimum atomic E-state index is -3.89. The van der Waals surface area contributed by atoms with Crippen LogP contribution in [0.2, 0.25) is 0 Å². The van der Waals surface area contributed by atoms with E-state index < -0.39 is 33.8 Å². The molecule has 1 saturated carbocycles. The van der Waals surface area contributed by atoms with Gasteiger partial charge < -0.3 is 9.84 Å². The van der Waals surface area contributed by atoms with Crippen LogP contribution in [-0.4, -0.2) is 25.5 Å². The zero-order chi connectivity index (χ0) is 24.3. The molecule has 3 aromatic rings. The van der Waals surface area contributed by atoms with Crippen LogP contribution in [0.1, 0.15) is 36.8 Å². The van der Waals surface area contributed by atoms with Gasteiger partial charge in [0.15, 0.2) is 0 Å². The number of carboxylic acids is 1. The predicted octanol–water partition coefficient (Wildman–Crippen LogP) is 4.35. The zero-order valence-corrected chi connectivity index (χ0v) is 19.0. The number of ether oxygens (including phenoxy) is 1. The molecular formula is C25H23FN2O5S. The lowest BCUT2D eigenvalue weighted by molar-refractivity contribution is -0.143. The minimum Gasteiger partial charge on any atom is -0.489 e. The SMILES string of the molecule is N#Cc1ccc(COc2ccc3cc(S(=O)(=O)N[C@H]4CCCC[C@H]4C(=O)O)ccc3c2)c(F)c1. The van der Waals surface area contributed by atoms with Crippen LogP contribution in [0.25, 0.3) is 10.8 Å². The maximum Gasteiger partial charge on any atom is 0.308 e. The first-order chi connectivity index (χ1) is 16.3. The lowest BCUT2D eigenvalue weighted by Gasteiger charge is -2.29. The van der Waals surface area contributed by atoms with E-state index in [-0.39, 0.29) is 17.1 Å². The Balaban J connectivity index is 1.49. The van der Waals surface area contributed by atoms with E-state index >= 15 is 0 Å². The molecule has 1 aliphatic carbocycles. The third-order valence-electron chi connectivity index (χ3n) is 6.06. The van der Waals surface area contributed by atoms with E-state index in [1.165, 1.54) is 24.3 Å². The van der Waals surface area contributed by atoms with Crippen LogP contribution in [0, 0.1) is 23.1 Å². The highest BCUT2D eigenvalue weighted by atomic mass is 32.2. The van der Waals surface area contributed by atoms with Gasteiger partial charge in [-0.2, -0.15) is 5.26 Å². The molecule has 0 saturated heterocycles. The van der Waals surface area contributed by atoms with E-state index in [9.17, 15) is 22.7 Å². The van der Waals surface area contributed by atoms with Crippen LogP contribution < -0.4 is 9.46 Å². The number of aliphatic carboxylic acids is 1. The van der Waals surface area contributed by atoms with Crippen LogP contribution >= 0.6 is 0 Å². The fourth-order valence-electron chi connectivity index (χ4n) is 4.19. The van der Waals surface area contributed by atoms with Crippen molar-refractivity contribution in [3.63, 3.8) is 0 Å². The van der Waals surface area contributed by atoms with Gasteiger partial charge in [0.25, 0.3) is 0 Å². The molecule has 3 aromatic carbocycles. The molecule has 0 amide bonds. The Morgan fingerprint density at radius 1 is 1.09 bits per heavy atom. The van der Waals surface area contributed by atoms with Crippen LogP contribution in [0.15, 0.2) is 59.5 Å². The van der Waals surface area contributed by atoms with Gasteiger partial charge in [-0.1, -0.05) is 31.0 Å². The number of rotatable bonds is 7. The first kappa shape index (κ1) is 23.7. The molecular weight excluding hydrogens is 459 g/mol. The highest BCUT2D eigenvalue weighted by molar-refractivity contribution is 7.89. The van der Waals surface area contributed by atoms with E-state index in [4.69, 9.17) is 10.00 Å². The van der Waals surface area contributed by atoms with E-state index in [0.29, 0.717) is 29.5 Å². The van der Waals surface area contributed by atoms with Gasteiger partial charge in [-0.05, 0) is 60.0 Å². The van der Waals surface area contributed by atoms with Crippen molar-refractivity contribution in [1.82, 2.24) is 4.72 Å². The van der Waals surface area contributed by atoms with Gasteiger partial charge >= 0.3 is 5.97 Å². The number of carboxylic acid groups (broad SMARTS) is 1. The molecule has 0 unspecified atom stereocenters. The van der Waals surface area contributed by atoms with Crippen LogP contribution in [0.4, 0.5) is 4.39 Å². The van der Waals surface area contributed by atoms with Gasteiger partial charge in [-0.3, -0.25) is 4.79 Å². The van der Waals surface area contributed by atoms with Gasteiger partial charge in [-0.15, -0.1) is 0 Å². The molecule has 34 heavy (non-hydrogen) atoms. The number of sulfonamides is 1. The highest BCUT2D eigenvalue weighted by Gasteiger charge is 2.34. The molecule has 0 aromatic heterocycles. The van der Waals surface area contributed by atoms with Gasteiger partial charge in [0.2, 0.25) is 10.0 Å². The van der Waals surface area contributed by atoms with Crippen LogP contribution in [0.3, 0.4) is 0 Å². The van der Waals surface area contributed by atoms with Gasteiger partial charge in [0, 0.05) is 11.6 Å². The summed E-state index contributed by atoms with van der Waals surface area (Å²) in [4.78, 5) is 11.6. The summed E-state index contributed by atoms with van der Waals surface area (Å²) in [6, 6.07) is 15.2.